The maximum absolute atomic E-state index is 2.25. The van der Waals surface area contributed by atoms with Gasteiger partial charge in [0.05, 0.1) is 0 Å². The van der Waals surface area contributed by atoms with Crippen molar-refractivity contribution in [1.29, 1.82) is 0 Å². The van der Waals surface area contributed by atoms with Crippen LogP contribution in [0.25, 0.3) is 38.4 Å². The van der Waals surface area contributed by atoms with Gasteiger partial charge in [0.1, 0.15) is 0 Å². The molecule has 4 aromatic carbocycles. The van der Waals surface area contributed by atoms with Crippen molar-refractivity contribution < 1.29 is 0 Å². The van der Waals surface area contributed by atoms with E-state index in [-0.39, 0.29) is 0 Å². The van der Waals surface area contributed by atoms with Gasteiger partial charge in [0, 0.05) is 0 Å². The molecule has 0 heteroatoms. The fraction of sp³-hybridized carbons (Fsp3) is 0.100. The first-order valence-electron chi connectivity index (χ1n) is 7.10. The highest BCUT2D eigenvalue weighted by molar-refractivity contribution is 6.22. The summed E-state index contributed by atoms with van der Waals surface area (Å²) in [6.45, 7) is 4.36. The molecular formula is C20H16. The molecule has 0 aliphatic carbocycles. The molecule has 0 unspecified atom stereocenters. The van der Waals surface area contributed by atoms with Crippen molar-refractivity contribution in [2.45, 2.75) is 13.8 Å². The summed E-state index contributed by atoms with van der Waals surface area (Å²) in [7, 11) is 0. The van der Waals surface area contributed by atoms with Crippen LogP contribution in [-0.4, -0.2) is 0 Å². The van der Waals surface area contributed by atoms with E-state index in [1.54, 1.807) is 0 Å². The molecule has 0 radical (unpaired) electrons. The quantitative estimate of drug-likeness (QED) is 0.308. The Morgan fingerprint density at radius 3 is 2.00 bits per heavy atom. The van der Waals surface area contributed by atoms with E-state index in [1.165, 1.54) is 43.1 Å². The van der Waals surface area contributed by atoms with E-state index in [1.807, 2.05) is 0 Å². The number of fused-ring (bicyclic) bond motifs is 2. The number of hydrogen-bond donors (Lipinski definition) is 0. The minimum Gasteiger partial charge on any atom is -0.0798 e. The Morgan fingerprint density at radius 2 is 1.30 bits per heavy atom. The van der Waals surface area contributed by atoms with Gasteiger partial charge < -0.3 is 0 Å². The summed E-state index contributed by atoms with van der Waals surface area (Å²) in [4.78, 5) is 0. The van der Waals surface area contributed by atoms with Crippen LogP contribution in [0.2, 0.25) is 0 Å². The van der Waals surface area contributed by atoms with E-state index in [0.29, 0.717) is 0 Å². The van der Waals surface area contributed by atoms with Gasteiger partial charge in [-0.3, -0.25) is 0 Å². The predicted molar refractivity (Wildman–Crippen MR) is 89.1 cm³/mol. The van der Waals surface area contributed by atoms with Crippen LogP contribution in [0.1, 0.15) is 12.5 Å². The van der Waals surface area contributed by atoms with Crippen molar-refractivity contribution in [3.63, 3.8) is 0 Å². The van der Waals surface area contributed by atoms with Gasteiger partial charge in [0.25, 0.3) is 0 Å². The summed E-state index contributed by atoms with van der Waals surface area (Å²) >= 11 is 0. The Bertz CT molecular complexity index is 1000. The molecule has 0 saturated heterocycles. The molecule has 0 fully saturated rings. The minimum absolute atomic E-state index is 1.33. The van der Waals surface area contributed by atoms with Crippen LogP contribution in [-0.2, 0) is 0 Å². The zero-order chi connectivity index (χ0) is 13.7. The molecular weight excluding hydrogens is 240 g/mol. The molecule has 0 bridgehead atoms. The lowest BCUT2D eigenvalue weighted by atomic mass is 9.90. The number of aryl methyl sites for hydroxylation is 1. The standard InChI is InChI=1S/C20H16/c1-3-14-7-4-11-17-18-12-6-9-15-8-5-10-16(20(15)18)13(2)19(14)17/h3-12H,1-2H3/b14-3-. The number of hydrogen-bond acceptors (Lipinski definition) is 0. The first-order chi connectivity index (χ1) is 9.81. The van der Waals surface area contributed by atoms with Crippen molar-refractivity contribution in [2.24, 2.45) is 0 Å². The molecule has 0 nitrogen and oxygen atoms in total. The molecule has 96 valence electrons. The molecule has 20 heavy (non-hydrogen) atoms. The summed E-state index contributed by atoms with van der Waals surface area (Å²) in [5.41, 5.74) is 1.39. The van der Waals surface area contributed by atoms with Crippen LogP contribution >= 0.6 is 0 Å². The molecule has 0 heterocycles. The smallest absolute Gasteiger partial charge is 0.00297 e. The average Bonchev–Trinajstić information content (AvgIpc) is 2.51. The van der Waals surface area contributed by atoms with Crippen LogP contribution in [0.3, 0.4) is 0 Å². The maximum atomic E-state index is 2.25. The zero-order valence-electron chi connectivity index (χ0n) is 11.8. The van der Waals surface area contributed by atoms with Crippen LogP contribution < -0.4 is 5.22 Å². The van der Waals surface area contributed by atoms with Gasteiger partial charge in [0.2, 0.25) is 0 Å². The Balaban J connectivity index is 2.49. The highest BCUT2D eigenvalue weighted by Gasteiger charge is 2.10. The average molecular weight is 256 g/mol. The molecule has 0 aliphatic heterocycles. The molecule has 0 aliphatic rings. The van der Waals surface area contributed by atoms with Gasteiger partial charge in [-0.2, -0.15) is 0 Å². The van der Waals surface area contributed by atoms with Gasteiger partial charge >= 0.3 is 0 Å². The third-order valence-corrected chi connectivity index (χ3v) is 4.38. The zero-order valence-corrected chi connectivity index (χ0v) is 11.8. The van der Waals surface area contributed by atoms with Gasteiger partial charge in [-0.1, -0.05) is 60.7 Å². The lowest BCUT2D eigenvalue weighted by molar-refractivity contribution is 1.56. The SMILES string of the molecule is C/C=c1/cccc2c1c(C)c1cccc3cccc2c31. The summed E-state index contributed by atoms with van der Waals surface area (Å²) < 4.78 is 0. The Morgan fingerprint density at radius 1 is 0.700 bits per heavy atom. The largest absolute Gasteiger partial charge is 0.0798 e. The molecule has 0 saturated carbocycles. The summed E-state index contributed by atoms with van der Waals surface area (Å²) in [6, 6.07) is 19.8. The van der Waals surface area contributed by atoms with Crippen molar-refractivity contribution in [1.82, 2.24) is 0 Å². The van der Waals surface area contributed by atoms with E-state index in [9.17, 15) is 0 Å². The topological polar surface area (TPSA) is 0 Å². The summed E-state index contributed by atoms with van der Waals surface area (Å²) in [5.74, 6) is 0. The monoisotopic (exact) mass is 256 g/mol. The second-order valence-electron chi connectivity index (χ2n) is 5.39. The highest BCUT2D eigenvalue weighted by Crippen LogP contribution is 2.35. The van der Waals surface area contributed by atoms with Gasteiger partial charge in [-0.05, 0) is 56.9 Å². The van der Waals surface area contributed by atoms with Crippen LogP contribution in [0, 0.1) is 6.92 Å². The lowest BCUT2D eigenvalue weighted by Gasteiger charge is -2.13. The first-order valence-corrected chi connectivity index (χ1v) is 7.10. The van der Waals surface area contributed by atoms with Crippen LogP contribution in [0.4, 0.5) is 0 Å². The second kappa shape index (κ2) is 4.08. The van der Waals surface area contributed by atoms with Gasteiger partial charge in [-0.25, -0.2) is 0 Å². The van der Waals surface area contributed by atoms with Crippen molar-refractivity contribution >= 4 is 38.4 Å². The van der Waals surface area contributed by atoms with Gasteiger partial charge in [0.15, 0.2) is 0 Å². The molecule has 0 atom stereocenters. The first kappa shape index (κ1) is 11.5. The number of benzene rings is 4. The number of rotatable bonds is 0. The van der Waals surface area contributed by atoms with E-state index in [0.717, 1.165) is 0 Å². The summed E-state index contributed by atoms with van der Waals surface area (Å²) in [6.07, 6.45) is 2.20. The van der Waals surface area contributed by atoms with Crippen LogP contribution in [0.5, 0.6) is 0 Å². The highest BCUT2D eigenvalue weighted by atomic mass is 14.1. The Labute approximate surface area is 118 Å². The predicted octanol–water partition coefficient (Wildman–Crippen LogP) is 4.97. The van der Waals surface area contributed by atoms with Crippen molar-refractivity contribution in [3.05, 3.63) is 65.4 Å². The van der Waals surface area contributed by atoms with E-state index in [4.69, 9.17) is 0 Å². The minimum atomic E-state index is 1.33. The molecule has 0 spiro atoms. The van der Waals surface area contributed by atoms with Crippen molar-refractivity contribution in [2.75, 3.05) is 0 Å². The maximum Gasteiger partial charge on any atom is -0.00297 e. The molecule has 0 aromatic heterocycles. The van der Waals surface area contributed by atoms with Crippen molar-refractivity contribution in [3.8, 4) is 0 Å². The Hall–Kier alpha value is -2.34. The van der Waals surface area contributed by atoms with E-state index < -0.39 is 0 Å². The lowest BCUT2D eigenvalue weighted by Crippen LogP contribution is -2.03. The third-order valence-electron chi connectivity index (χ3n) is 4.38. The normalized spacial score (nSPS) is 12.8. The van der Waals surface area contributed by atoms with Crippen LogP contribution in [0.15, 0.2) is 54.6 Å². The fourth-order valence-electron chi connectivity index (χ4n) is 3.47. The van der Waals surface area contributed by atoms with E-state index in [2.05, 4.69) is 74.5 Å². The van der Waals surface area contributed by atoms with Gasteiger partial charge in [-0.15, -0.1) is 0 Å². The second-order valence-corrected chi connectivity index (χ2v) is 5.39. The molecule has 4 rings (SSSR count). The molecule has 0 amide bonds. The summed E-state index contributed by atoms with van der Waals surface area (Å²) in [5, 5.41) is 9.54. The Kier molecular flexibility index (Phi) is 2.34. The van der Waals surface area contributed by atoms with E-state index >= 15 is 0 Å². The molecule has 0 N–H and O–H groups in total. The fourth-order valence-corrected chi connectivity index (χ4v) is 3.47. The third kappa shape index (κ3) is 1.36. The molecule has 4 aromatic rings.